The number of hydrazine groups is 1. The Kier molecular flexibility index (Phi) is 37.7. The number of carbonyl (C=O) groups excluding carboxylic acids is 5. The van der Waals surface area contributed by atoms with Gasteiger partial charge in [0.05, 0.1) is 47.2 Å². The predicted octanol–water partition coefficient (Wildman–Crippen LogP) is 20.3. The number of nitrogens with two attached hydrogens (primary N) is 3. The fraction of sp³-hybridized carbons (Fsp3) is 0.149. The van der Waals surface area contributed by atoms with Crippen LogP contribution in [0.3, 0.4) is 0 Å². The van der Waals surface area contributed by atoms with Crippen molar-refractivity contribution in [2.75, 3.05) is 23.1 Å². The number of primary amides is 1. The van der Waals surface area contributed by atoms with Gasteiger partial charge in [-0.1, -0.05) is 49.7 Å². The molecule has 0 fully saturated rings. The molecule has 0 bridgehead atoms. The lowest BCUT2D eigenvalue weighted by atomic mass is 10.1. The lowest BCUT2D eigenvalue weighted by Gasteiger charge is -2.09. The molecule has 8 aromatic heterocycles. The molecule has 22 nitrogen and oxygen atoms in total. The molecule has 12 rings (SSSR count). The lowest BCUT2D eigenvalue weighted by Crippen LogP contribution is -2.25. The van der Waals surface area contributed by atoms with Crippen molar-refractivity contribution < 1.29 is 112 Å². The molecule has 0 radical (unpaired) electrons. The summed E-state index contributed by atoms with van der Waals surface area (Å²) in [5, 5.41) is 13.5. The van der Waals surface area contributed by atoms with Crippen LogP contribution in [0.15, 0.2) is 207 Å². The zero-order chi connectivity index (χ0) is 86.2. The fourth-order valence-electron chi connectivity index (χ4n) is 8.77. The summed E-state index contributed by atoms with van der Waals surface area (Å²) in [6.07, 6.45) is -18.2. The van der Waals surface area contributed by atoms with Gasteiger partial charge in [0.2, 0.25) is 5.78 Å². The van der Waals surface area contributed by atoms with E-state index >= 15 is 0 Å². The molecule has 8 N–H and O–H groups in total. The summed E-state index contributed by atoms with van der Waals surface area (Å²) in [5.74, 6) is -1.66. The molecule has 0 saturated heterocycles. The number of anilines is 3. The van der Waals surface area contributed by atoms with Crippen LogP contribution in [-0.2, 0) is 32.9 Å². The average molecular weight is 1770 g/mol. The number of hydrogen-bond acceptors (Lipinski definition) is 17. The van der Waals surface area contributed by atoms with Gasteiger partial charge in [-0.25, -0.2) is 66.1 Å². The molecule has 4 aromatic carbocycles. The molecule has 2 amide bonds. The Morgan fingerprint density at radius 1 is 0.445 bits per heavy atom. The van der Waals surface area contributed by atoms with Crippen molar-refractivity contribution in [1.82, 2.24) is 54.3 Å². The van der Waals surface area contributed by atoms with E-state index in [0.717, 1.165) is 74.7 Å². The van der Waals surface area contributed by atoms with E-state index in [9.17, 15) is 107 Å². The van der Waals surface area contributed by atoms with Gasteiger partial charge in [-0.05, 0) is 190 Å². The maximum atomic E-state index is 13.1. The van der Waals surface area contributed by atoms with Crippen molar-refractivity contribution in [3.05, 3.63) is 274 Å². The van der Waals surface area contributed by atoms with Crippen LogP contribution in [0.2, 0.25) is 15.5 Å². The molecule has 0 atom stereocenters. The van der Waals surface area contributed by atoms with E-state index in [1.54, 1.807) is 24.3 Å². The number of ketones is 3. The average Bonchev–Trinajstić information content (AvgIpc) is 1.65. The van der Waals surface area contributed by atoms with Crippen LogP contribution in [0.25, 0.3) is 50.8 Å². The number of nitrogens with one attached hydrogen (secondary N) is 2. The van der Waals surface area contributed by atoms with E-state index in [1.165, 1.54) is 136 Å². The number of alkyl halides is 15. The van der Waals surface area contributed by atoms with Crippen molar-refractivity contribution in [3.8, 4) is 50.8 Å². The Hall–Kier alpha value is -12.6. The van der Waals surface area contributed by atoms with Gasteiger partial charge >= 0.3 is 42.9 Å². The number of aromatic nitrogens is 11. The highest BCUT2D eigenvalue weighted by atomic mass is 35.5. The number of benzene rings is 4. The first-order valence-corrected chi connectivity index (χ1v) is 32.9. The molecule has 0 spiro atoms. The Bertz CT molecular complexity index is 5190. The minimum atomic E-state index is -4.99. The predicted molar refractivity (Wildman–Crippen MR) is 404 cm³/mol. The quantitative estimate of drug-likeness (QED) is 0.0136. The zero-order valence-corrected chi connectivity index (χ0v) is 62.0. The third-order valence-electron chi connectivity index (χ3n) is 14.0. The number of amides is 2. The van der Waals surface area contributed by atoms with Gasteiger partial charge in [-0.15, -0.1) is 12.4 Å². The normalized spacial score (nSPS) is 10.8. The summed E-state index contributed by atoms with van der Waals surface area (Å²) >= 11 is 16.8. The second kappa shape index (κ2) is 44.7. The first-order chi connectivity index (χ1) is 54.2. The number of nitrogen functional groups attached to an aromatic ring is 2. The topological polar surface area (TPSA) is 315 Å². The van der Waals surface area contributed by atoms with Crippen molar-refractivity contribution in [2.45, 2.75) is 66.0 Å². The molecule has 12 aromatic rings. The number of nitrogens with zero attached hydrogens (tertiary/aromatic N) is 11. The van der Waals surface area contributed by atoms with Gasteiger partial charge in [0.25, 0.3) is 0 Å². The number of ether oxygens (including phenoxy) is 1. The maximum Gasteiger partial charge on any atom is 0.490 e. The Labute approximate surface area is 682 Å². The van der Waals surface area contributed by atoms with Gasteiger partial charge in [-0.2, -0.15) is 81.2 Å². The summed E-state index contributed by atoms with van der Waals surface area (Å²) in [6, 6.07) is 36.6. The summed E-state index contributed by atoms with van der Waals surface area (Å²) in [6.45, 7) is 2.55. The third kappa shape index (κ3) is 31.7. The van der Waals surface area contributed by atoms with E-state index in [1.807, 2.05) is 0 Å². The first kappa shape index (κ1) is 101. The third-order valence-corrected chi connectivity index (χ3v) is 14.6. The van der Waals surface area contributed by atoms with Gasteiger partial charge in [0.1, 0.15) is 50.4 Å². The molecular weight excluding hydrogens is 1710 g/mol. The Morgan fingerprint density at radius 2 is 0.782 bits per heavy atom. The van der Waals surface area contributed by atoms with Crippen LogP contribution in [0.4, 0.5) is 106 Å². The first-order valence-electron chi connectivity index (χ1n) is 31.7. The van der Waals surface area contributed by atoms with Gasteiger partial charge < -0.3 is 21.6 Å². The second-order valence-electron chi connectivity index (χ2n) is 22.3. The van der Waals surface area contributed by atoms with Crippen LogP contribution in [0, 0.1) is 23.3 Å². The van der Waals surface area contributed by atoms with Crippen molar-refractivity contribution in [3.63, 3.8) is 0 Å². The van der Waals surface area contributed by atoms with Crippen molar-refractivity contribution in [1.29, 1.82) is 0 Å². The highest BCUT2D eigenvalue weighted by Crippen LogP contribution is 2.37. The largest absolute Gasteiger partial charge is 0.490 e. The van der Waals surface area contributed by atoms with Crippen molar-refractivity contribution in [2.24, 2.45) is 11.6 Å². The molecule has 0 unspecified atom stereocenters. The molecule has 0 aliphatic carbocycles. The number of halogens is 23. The van der Waals surface area contributed by atoms with E-state index in [0.29, 0.717) is 44.5 Å². The summed E-state index contributed by atoms with van der Waals surface area (Å²) < 4.78 is 245. The van der Waals surface area contributed by atoms with E-state index in [2.05, 4.69) is 55.7 Å². The molecule has 0 aliphatic heterocycles. The SMILES string of the molecule is C.C.CC(=O)c1ccnc(Cl)c1.CCOC(=O)C(F)(F)F.Cl.Fc1ccc(-n2nc(C(F)(F)F)cc2-c2ccnc(Cl)c2)cc1.NC(=O)Nc1cc(-c2cc(C(F)(F)F)nn2-c2ccc(F)cc2)ccn1.NNc1ccc(F)cc1.Nc1cc(-c2cc(C(F)(F)F)nn2-c2ccc(F)cc2)ccn1.O=C(CC(=O)C(F)(F)F)c1ccnc(Cl)c1. The number of esters is 1. The standard InChI is InChI=1S/C16H11F4N5O.C15H8ClF4N3.C15H10F4N4.C9H5ClF3NO2.C7H6ClNO.C6H7FN2.C4H5F3O2.2CH4.ClH/c17-10-1-3-11(4-2-10)25-12(8-13(24-25)16(18,19)20)9-5-6-22-14(7-9)23-15(21)26;16-14-7-9(5-6-21-14)12-8-13(15(18,19)20)22-23(12)11-3-1-10(17)2-4-11;16-10-1-3-11(4-2-10)23-12(8-13(22-23)15(17,18)19)9-5-6-21-14(20)7-9;10-8-3-5(1-2-14-8)6(15)4-7(16)9(11,12)13;1-5(10)6-2-3-9-7(8)4-6;7-5-1-3-6(9-8)4-2-5;1-2-9-3(8)4(5,6)7;;;/h1-8H,(H3,21,22,23,26);1-8H;1-8H,(H2,20,21);1-3H,4H2;2-4H,1H3;1-4,9H,8H2;2H2,1H3;2*1H4;1H. The minimum absolute atomic E-state index is 0. The molecule has 0 aliphatic rings. The highest BCUT2D eigenvalue weighted by Gasteiger charge is 2.42. The van der Waals surface area contributed by atoms with E-state index in [-0.39, 0.29) is 95.7 Å². The lowest BCUT2D eigenvalue weighted by molar-refractivity contribution is -0.199. The molecule has 634 valence electrons. The Morgan fingerprint density at radius 3 is 1.09 bits per heavy atom. The van der Waals surface area contributed by atoms with Crippen molar-refractivity contribution >= 4 is 93.9 Å². The minimum Gasteiger partial charge on any atom is -0.459 e. The zero-order valence-electron chi connectivity index (χ0n) is 58.9. The number of carbonyl (C=O) groups is 5. The van der Waals surface area contributed by atoms with Crippen LogP contribution in [-0.4, -0.2) is 103 Å². The van der Waals surface area contributed by atoms with E-state index < -0.39 is 95.4 Å². The maximum absolute atomic E-state index is 13.1. The van der Waals surface area contributed by atoms with Crippen LogP contribution in [0.5, 0.6) is 0 Å². The summed E-state index contributed by atoms with van der Waals surface area (Å²) in [7, 11) is 0. The van der Waals surface area contributed by atoms with Crippen LogP contribution < -0.4 is 28.1 Å². The number of pyridine rings is 5. The molecule has 8 heterocycles. The second-order valence-corrected chi connectivity index (χ2v) is 23.5. The molecular formula is C74H61Cl4F19N16O6. The molecule has 0 saturated carbocycles. The summed E-state index contributed by atoms with van der Waals surface area (Å²) in [4.78, 5) is 71.9. The van der Waals surface area contributed by atoms with Gasteiger partial charge in [-0.3, -0.25) is 25.5 Å². The number of Topliss-reactive ketones (excluding diaryl/α,β-unsaturated/α-hetero) is 3. The number of urea groups is 1. The monoisotopic (exact) mass is 1770 g/mol. The smallest absolute Gasteiger partial charge is 0.459 e. The fourth-order valence-corrected chi connectivity index (χ4v) is 9.29. The van der Waals surface area contributed by atoms with E-state index in [4.69, 9.17) is 52.1 Å². The molecule has 119 heavy (non-hydrogen) atoms. The van der Waals surface area contributed by atoms with Gasteiger partial charge in [0, 0.05) is 64.5 Å². The Balaban J connectivity index is 0.000000370. The number of hydrogen-bond donors (Lipinski definition) is 5. The molecule has 45 heteroatoms. The van der Waals surface area contributed by atoms with Crippen LogP contribution >= 0.6 is 47.2 Å². The number of rotatable bonds is 13. The highest BCUT2D eigenvalue weighted by molar-refractivity contribution is 6.30. The summed E-state index contributed by atoms with van der Waals surface area (Å²) in [5.41, 5.74) is 13.4. The van der Waals surface area contributed by atoms with Crippen LogP contribution in [0.1, 0.15) is 72.9 Å². The van der Waals surface area contributed by atoms with Gasteiger partial charge in [0.15, 0.2) is 28.6 Å².